The summed E-state index contributed by atoms with van der Waals surface area (Å²) in [7, 11) is 1.65. The molecule has 2 rings (SSSR count). The van der Waals surface area contributed by atoms with E-state index in [1.165, 1.54) is 0 Å². The van der Waals surface area contributed by atoms with Gasteiger partial charge in [-0.15, -0.1) is 0 Å². The molecule has 0 bridgehead atoms. The van der Waals surface area contributed by atoms with Crippen molar-refractivity contribution < 1.29 is 9.47 Å². The third-order valence-electron chi connectivity index (χ3n) is 2.82. The molecule has 4 heteroatoms. The van der Waals surface area contributed by atoms with Crippen molar-refractivity contribution in [3.8, 4) is 11.5 Å². The second-order valence-corrected chi connectivity index (χ2v) is 4.75. The average molecular weight is 292 g/mol. The molecule has 0 aliphatic rings. The van der Waals surface area contributed by atoms with Crippen molar-refractivity contribution in [2.45, 2.75) is 6.42 Å². The van der Waals surface area contributed by atoms with Crippen LogP contribution in [0.25, 0.3) is 0 Å². The van der Waals surface area contributed by atoms with Crippen molar-refractivity contribution in [2.24, 2.45) is 0 Å². The molecule has 3 nitrogen and oxygen atoms in total. The highest BCUT2D eigenvalue weighted by Crippen LogP contribution is 2.17. The molecule has 0 atom stereocenters. The van der Waals surface area contributed by atoms with Crippen LogP contribution in [0.4, 0.5) is 5.69 Å². The number of methoxy groups -OCH3 is 1. The first-order chi connectivity index (χ1) is 9.78. The van der Waals surface area contributed by atoms with Crippen LogP contribution >= 0.6 is 11.6 Å². The predicted molar refractivity (Wildman–Crippen MR) is 83.0 cm³/mol. The Hall–Kier alpha value is -1.87. The highest BCUT2D eigenvalue weighted by molar-refractivity contribution is 6.30. The topological polar surface area (TPSA) is 30.5 Å². The summed E-state index contributed by atoms with van der Waals surface area (Å²) in [4.78, 5) is 0. The van der Waals surface area contributed by atoms with Crippen LogP contribution in [0.15, 0.2) is 48.5 Å². The minimum Gasteiger partial charge on any atom is -0.497 e. The highest BCUT2D eigenvalue weighted by Gasteiger charge is 1.96. The van der Waals surface area contributed by atoms with Gasteiger partial charge in [0.25, 0.3) is 0 Å². The molecule has 0 saturated heterocycles. The molecule has 0 radical (unpaired) electrons. The lowest BCUT2D eigenvalue weighted by molar-refractivity contribution is 0.314. The minimum absolute atomic E-state index is 0.674. The van der Waals surface area contributed by atoms with E-state index in [2.05, 4.69) is 5.32 Å². The summed E-state index contributed by atoms with van der Waals surface area (Å²) in [5.74, 6) is 1.69. The van der Waals surface area contributed by atoms with Crippen LogP contribution in [0.5, 0.6) is 11.5 Å². The molecule has 2 aromatic carbocycles. The van der Waals surface area contributed by atoms with Crippen molar-refractivity contribution in [1.82, 2.24) is 0 Å². The summed E-state index contributed by atoms with van der Waals surface area (Å²) in [5, 5.41) is 4.07. The standard InChI is InChI=1S/C16H18ClNO2/c1-19-15-7-9-16(10-8-15)20-12-2-11-18-14-5-3-13(17)4-6-14/h3-10,18H,2,11-12H2,1H3. The minimum atomic E-state index is 0.674. The lowest BCUT2D eigenvalue weighted by Crippen LogP contribution is -2.07. The molecule has 0 unspecified atom stereocenters. The third kappa shape index (κ3) is 4.67. The molecule has 0 spiro atoms. The summed E-state index contributed by atoms with van der Waals surface area (Å²) < 4.78 is 10.7. The van der Waals surface area contributed by atoms with E-state index in [1.54, 1.807) is 7.11 Å². The predicted octanol–water partition coefficient (Wildman–Crippen LogP) is 4.23. The van der Waals surface area contributed by atoms with Crippen LogP contribution in [-0.4, -0.2) is 20.3 Å². The highest BCUT2D eigenvalue weighted by atomic mass is 35.5. The molecule has 0 fully saturated rings. The molecule has 0 heterocycles. The Bertz CT molecular complexity index is 511. The Morgan fingerprint density at radius 1 is 0.950 bits per heavy atom. The molecular weight excluding hydrogens is 274 g/mol. The Balaban J connectivity index is 1.64. The average Bonchev–Trinajstić information content (AvgIpc) is 2.49. The summed E-state index contributed by atoms with van der Waals surface area (Å²) >= 11 is 5.83. The summed E-state index contributed by atoms with van der Waals surface area (Å²) in [6.07, 6.45) is 0.925. The van der Waals surface area contributed by atoms with Gasteiger partial charge in [0.1, 0.15) is 11.5 Å². The molecule has 106 valence electrons. The summed E-state index contributed by atoms with van der Waals surface area (Å²) in [6, 6.07) is 15.3. The van der Waals surface area contributed by atoms with Gasteiger partial charge in [-0.05, 0) is 55.0 Å². The van der Waals surface area contributed by atoms with Gasteiger partial charge in [0, 0.05) is 17.3 Å². The molecule has 1 N–H and O–H groups in total. The van der Waals surface area contributed by atoms with Crippen molar-refractivity contribution >= 4 is 17.3 Å². The number of hydrogen-bond donors (Lipinski definition) is 1. The monoisotopic (exact) mass is 291 g/mol. The quantitative estimate of drug-likeness (QED) is 0.774. The number of nitrogens with one attached hydrogen (secondary N) is 1. The van der Waals surface area contributed by atoms with E-state index in [1.807, 2.05) is 48.5 Å². The largest absolute Gasteiger partial charge is 0.497 e. The van der Waals surface area contributed by atoms with Crippen LogP contribution < -0.4 is 14.8 Å². The van der Waals surface area contributed by atoms with E-state index in [-0.39, 0.29) is 0 Å². The molecule has 2 aromatic rings. The van der Waals surface area contributed by atoms with Crippen LogP contribution in [0, 0.1) is 0 Å². The van der Waals surface area contributed by atoms with E-state index in [4.69, 9.17) is 21.1 Å². The van der Waals surface area contributed by atoms with Crippen molar-refractivity contribution in [1.29, 1.82) is 0 Å². The lowest BCUT2D eigenvalue weighted by Gasteiger charge is -2.08. The number of rotatable bonds is 7. The fraction of sp³-hybridized carbons (Fsp3) is 0.250. The number of ether oxygens (including phenoxy) is 2. The zero-order chi connectivity index (χ0) is 14.2. The first-order valence-electron chi connectivity index (χ1n) is 6.54. The van der Waals surface area contributed by atoms with Gasteiger partial charge in [0.05, 0.1) is 13.7 Å². The maximum Gasteiger partial charge on any atom is 0.119 e. The maximum atomic E-state index is 5.83. The molecule has 0 aromatic heterocycles. The van der Waals surface area contributed by atoms with Gasteiger partial charge < -0.3 is 14.8 Å². The summed E-state index contributed by atoms with van der Waals surface area (Å²) in [6.45, 7) is 1.53. The van der Waals surface area contributed by atoms with E-state index in [9.17, 15) is 0 Å². The third-order valence-corrected chi connectivity index (χ3v) is 3.07. The summed E-state index contributed by atoms with van der Waals surface area (Å²) in [5.41, 5.74) is 1.07. The van der Waals surface area contributed by atoms with E-state index < -0.39 is 0 Å². The van der Waals surface area contributed by atoms with Gasteiger partial charge >= 0.3 is 0 Å². The van der Waals surface area contributed by atoms with E-state index in [0.717, 1.165) is 35.2 Å². The fourth-order valence-electron chi connectivity index (χ4n) is 1.73. The Morgan fingerprint density at radius 2 is 1.60 bits per heavy atom. The molecule has 0 aliphatic carbocycles. The Kier molecular flexibility index (Phi) is 5.56. The van der Waals surface area contributed by atoms with Crippen molar-refractivity contribution in [3.05, 3.63) is 53.6 Å². The SMILES string of the molecule is COc1ccc(OCCCNc2ccc(Cl)cc2)cc1. The number of anilines is 1. The number of hydrogen-bond acceptors (Lipinski definition) is 3. The lowest BCUT2D eigenvalue weighted by atomic mass is 10.3. The molecule has 0 amide bonds. The van der Waals surface area contributed by atoms with Gasteiger partial charge in [-0.1, -0.05) is 11.6 Å². The first-order valence-corrected chi connectivity index (χ1v) is 6.92. The zero-order valence-corrected chi connectivity index (χ0v) is 12.2. The first kappa shape index (κ1) is 14.5. The second kappa shape index (κ2) is 7.65. The Labute approximate surface area is 124 Å². The Morgan fingerprint density at radius 3 is 2.25 bits per heavy atom. The van der Waals surface area contributed by atoms with Gasteiger partial charge in [-0.3, -0.25) is 0 Å². The maximum absolute atomic E-state index is 5.83. The molecule has 0 aliphatic heterocycles. The van der Waals surface area contributed by atoms with Crippen LogP contribution in [-0.2, 0) is 0 Å². The fourth-order valence-corrected chi connectivity index (χ4v) is 1.86. The normalized spacial score (nSPS) is 10.1. The van der Waals surface area contributed by atoms with Crippen LogP contribution in [0.3, 0.4) is 0 Å². The van der Waals surface area contributed by atoms with Crippen LogP contribution in [0.1, 0.15) is 6.42 Å². The van der Waals surface area contributed by atoms with Crippen molar-refractivity contribution in [3.63, 3.8) is 0 Å². The van der Waals surface area contributed by atoms with Crippen molar-refractivity contribution in [2.75, 3.05) is 25.6 Å². The molecular formula is C16H18ClNO2. The van der Waals surface area contributed by atoms with Gasteiger partial charge in [0.2, 0.25) is 0 Å². The van der Waals surface area contributed by atoms with E-state index >= 15 is 0 Å². The van der Waals surface area contributed by atoms with Gasteiger partial charge in [0.15, 0.2) is 0 Å². The van der Waals surface area contributed by atoms with Gasteiger partial charge in [-0.2, -0.15) is 0 Å². The number of benzene rings is 2. The second-order valence-electron chi connectivity index (χ2n) is 4.31. The zero-order valence-electron chi connectivity index (χ0n) is 11.4. The molecule has 20 heavy (non-hydrogen) atoms. The van der Waals surface area contributed by atoms with Gasteiger partial charge in [-0.25, -0.2) is 0 Å². The molecule has 0 saturated carbocycles. The van der Waals surface area contributed by atoms with E-state index in [0.29, 0.717) is 6.61 Å². The number of halogens is 1. The smallest absolute Gasteiger partial charge is 0.119 e. The van der Waals surface area contributed by atoms with Crippen LogP contribution in [0.2, 0.25) is 5.02 Å².